The van der Waals surface area contributed by atoms with E-state index >= 15 is 0 Å². The minimum atomic E-state index is -2.95. The Morgan fingerprint density at radius 1 is 1.62 bits per heavy atom. The molecule has 0 bridgehead atoms. The lowest BCUT2D eigenvalue weighted by Crippen LogP contribution is -2.17. The Kier molecular flexibility index (Phi) is 3.48. The summed E-state index contributed by atoms with van der Waals surface area (Å²) >= 11 is 2.71. The number of hydrogen-bond donors (Lipinski definition) is 1. The molecule has 0 fully saturated rings. The van der Waals surface area contributed by atoms with Gasteiger partial charge in [-0.25, -0.2) is 13.8 Å². The molecule has 0 aliphatic heterocycles. The number of nitro groups is 1. The lowest BCUT2D eigenvalue weighted by Gasteiger charge is -2.04. The van der Waals surface area contributed by atoms with Crippen LogP contribution < -0.4 is 5.73 Å². The number of carbonyl (C=O) groups is 1. The lowest BCUT2D eigenvalue weighted by molar-refractivity contribution is -0.386. The molecule has 0 unspecified atom stereocenters. The fourth-order valence-electron chi connectivity index (χ4n) is 0.983. The van der Waals surface area contributed by atoms with Crippen LogP contribution in [-0.2, 0) is 0 Å². The molecule has 0 aromatic carbocycles. The van der Waals surface area contributed by atoms with E-state index in [1.54, 1.807) is 0 Å². The molecule has 0 aliphatic rings. The van der Waals surface area contributed by atoms with Crippen LogP contribution in [0.2, 0.25) is 0 Å². The van der Waals surface area contributed by atoms with Gasteiger partial charge in [-0.2, -0.15) is 0 Å². The van der Waals surface area contributed by atoms with Gasteiger partial charge in [-0.1, -0.05) is 0 Å². The second-order valence-electron chi connectivity index (χ2n) is 2.65. The lowest BCUT2D eigenvalue weighted by atomic mass is 10.2. The minimum absolute atomic E-state index is 0.267. The summed E-state index contributed by atoms with van der Waals surface area (Å²) in [6, 6.07) is 0.773. The van der Waals surface area contributed by atoms with Gasteiger partial charge in [-0.3, -0.25) is 14.9 Å². The van der Waals surface area contributed by atoms with Crippen LogP contribution in [0, 0.1) is 10.1 Å². The molecule has 1 rings (SSSR count). The third-order valence-corrected chi connectivity index (χ3v) is 2.21. The van der Waals surface area contributed by atoms with Crippen LogP contribution >= 0.6 is 15.9 Å². The predicted molar refractivity (Wildman–Crippen MR) is 52.1 cm³/mol. The Bertz CT molecular complexity index is 466. The third-order valence-electron chi connectivity index (χ3n) is 1.61. The smallest absolute Gasteiger partial charge is 0.314 e. The van der Waals surface area contributed by atoms with Crippen LogP contribution in [0.4, 0.5) is 14.5 Å². The van der Waals surface area contributed by atoms with Gasteiger partial charge in [0.2, 0.25) is 5.69 Å². The molecule has 0 spiro atoms. The van der Waals surface area contributed by atoms with Crippen LogP contribution in [0.25, 0.3) is 0 Å². The Morgan fingerprint density at radius 3 is 2.56 bits per heavy atom. The van der Waals surface area contributed by atoms with Crippen molar-refractivity contribution in [3.05, 3.63) is 32.0 Å². The summed E-state index contributed by atoms with van der Waals surface area (Å²) in [7, 11) is 0. The van der Waals surface area contributed by atoms with E-state index < -0.39 is 34.3 Å². The second kappa shape index (κ2) is 4.47. The average molecular weight is 296 g/mol. The molecule has 0 atom stereocenters. The summed E-state index contributed by atoms with van der Waals surface area (Å²) in [5.41, 5.74) is 2.54. The highest BCUT2D eigenvalue weighted by atomic mass is 79.9. The summed E-state index contributed by atoms with van der Waals surface area (Å²) < 4.78 is 24.4. The Hall–Kier alpha value is -1.64. The van der Waals surface area contributed by atoms with Crippen molar-refractivity contribution in [3.63, 3.8) is 0 Å². The molecular formula is C7H4BrF2N3O3. The number of nitrogens with two attached hydrogens (primary N) is 1. The first kappa shape index (κ1) is 12.4. The van der Waals surface area contributed by atoms with Gasteiger partial charge in [0.1, 0.15) is 5.69 Å². The number of nitrogens with zero attached hydrogens (tertiary/aromatic N) is 2. The third kappa shape index (κ3) is 2.30. The second-order valence-corrected chi connectivity index (χ2v) is 3.50. The number of alkyl halides is 2. The number of hydrogen-bond acceptors (Lipinski definition) is 4. The number of halogens is 3. The maximum Gasteiger partial charge on any atom is 0.314 e. The minimum Gasteiger partial charge on any atom is -0.364 e. The number of pyridine rings is 1. The van der Waals surface area contributed by atoms with E-state index in [2.05, 4.69) is 20.9 Å². The molecule has 0 saturated heterocycles. The zero-order valence-corrected chi connectivity index (χ0v) is 9.07. The highest BCUT2D eigenvalue weighted by molar-refractivity contribution is 9.10. The fraction of sp³-hybridized carbons (Fsp3) is 0.143. The monoisotopic (exact) mass is 295 g/mol. The number of primary amides is 1. The van der Waals surface area contributed by atoms with E-state index in [1.165, 1.54) is 0 Å². The molecule has 1 aromatic heterocycles. The van der Waals surface area contributed by atoms with Crippen LogP contribution in [0.1, 0.15) is 22.6 Å². The molecule has 6 nitrogen and oxygen atoms in total. The summed E-state index contributed by atoms with van der Waals surface area (Å²) in [5, 5.41) is 10.6. The van der Waals surface area contributed by atoms with Gasteiger partial charge in [-0.15, -0.1) is 0 Å². The van der Waals surface area contributed by atoms with Gasteiger partial charge in [0.25, 0.3) is 12.3 Å². The van der Waals surface area contributed by atoms with Crippen LogP contribution in [0.3, 0.4) is 0 Å². The van der Waals surface area contributed by atoms with E-state index in [0.29, 0.717) is 0 Å². The fourth-order valence-corrected chi connectivity index (χ4v) is 1.55. The largest absolute Gasteiger partial charge is 0.364 e. The van der Waals surface area contributed by atoms with Gasteiger partial charge < -0.3 is 5.73 Å². The highest BCUT2D eigenvalue weighted by Gasteiger charge is 2.27. The molecule has 16 heavy (non-hydrogen) atoms. The van der Waals surface area contributed by atoms with Crippen molar-refractivity contribution in [1.82, 2.24) is 4.98 Å². The SMILES string of the molecule is NC(=O)c1nc(C(F)F)cc(Br)c1[N+](=O)[O-]. The molecule has 2 N–H and O–H groups in total. The van der Waals surface area contributed by atoms with Gasteiger partial charge in [-0.05, 0) is 22.0 Å². The molecule has 9 heteroatoms. The summed E-state index contributed by atoms with van der Waals surface area (Å²) in [6.07, 6.45) is -2.95. The Labute approximate surface area is 95.7 Å². The van der Waals surface area contributed by atoms with E-state index in [4.69, 9.17) is 5.73 Å². The Morgan fingerprint density at radius 2 is 2.19 bits per heavy atom. The number of carbonyl (C=O) groups excluding carboxylic acids is 1. The van der Waals surface area contributed by atoms with Crippen LogP contribution in [-0.4, -0.2) is 15.8 Å². The molecule has 1 heterocycles. The van der Waals surface area contributed by atoms with E-state index in [1.807, 2.05) is 0 Å². The Balaban J connectivity index is 3.52. The highest BCUT2D eigenvalue weighted by Crippen LogP contribution is 2.31. The van der Waals surface area contributed by atoms with E-state index in [9.17, 15) is 23.7 Å². The summed E-state index contributed by atoms with van der Waals surface area (Å²) in [6.45, 7) is 0. The van der Waals surface area contributed by atoms with Crippen molar-refractivity contribution < 1.29 is 18.5 Å². The molecule has 1 aromatic rings. The van der Waals surface area contributed by atoms with Crippen molar-refractivity contribution in [3.8, 4) is 0 Å². The first-order chi connectivity index (χ1) is 7.34. The van der Waals surface area contributed by atoms with Crippen molar-refractivity contribution in [2.24, 2.45) is 5.73 Å². The quantitative estimate of drug-likeness (QED) is 0.678. The summed E-state index contributed by atoms with van der Waals surface area (Å²) in [5.74, 6) is -1.24. The first-order valence-electron chi connectivity index (χ1n) is 3.77. The molecule has 0 saturated carbocycles. The number of aromatic nitrogens is 1. The number of amides is 1. The molecular weight excluding hydrogens is 292 g/mol. The van der Waals surface area contributed by atoms with Gasteiger partial charge in [0.15, 0.2) is 0 Å². The zero-order valence-electron chi connectivity index (χ0n) is 7.49. The number of rotatable bonds is 3. The molecule has 1 amide bonds. The standard InChI is InChI=1S/C7H4BrF2N3O3/c8-2-1-3(6(9)10)12-4(7(11)14)5(2)13(15)16/h1,6H,(H2,11,14). The molecule has 86 valence electrons. The normalized spacial score (nSPS) is 10.5. The first-order valence-corrected chi connectivity index (χ1v) is 4.56. The van der Waals surface area contributed by atoms with E-state index in [-0.39, 0.29) is 4.47 Å². The van der Waals surface area contributed by atoms with Crippen molar-refractivity contribution >= 4 is 27.5 Å². The predicted octanol–water partition coefficient (Wildman–Crippen LogP) is 1.79. The van der Waals surface area contributed by atoms with Crippen LogP contribution in [0.15, 0.2) is 10.5 Å². The van der Waals surface area contributed by atoms with Crippen molar-refractivity contribution in [1.29, 1.82) is 0 Å². The van der Waals surface area contributed by atoms with Crippen LogP contribution in [0.5, 0.6) is 0 Å². The maximum absolute atomic E-state index is 12.3. The van der Waals surface area contributed by atoms with Gasteiger partial charge in [0, 0.05) is 0 Å². The topological polar surface area (TPSA) is 99.1 Å². The summed E-state index contributed by atoms with van der Waals surface area (Å²) in [4.78, 5) is 23.6. The zero-order chi connectivity index (χ0) is 12.5. The molecule has 0 radical (unpaired) electrons. The van der Waals surface area contributed by atoms with Gasteiger partial charge >= 0.3 is 5.69 Å². The van der Waals surface area contributed by atoms with Crippen molar-refractivity contribution in [2.45, 2.75) is 6.43 Å². The van der Waals surface area contributed by atoms with Gasteiger partial charge in [0.05, 0.1) is 9.40 Å². The average Bonchev–Trinajstić information content (AvgIpc) is 2.15. The van der Waals surface area contributed by atoms with E-state index in [0.717, 1.165) is 6.07 Å². The maximum atomic E-state index is 12.3. The molecule has 0 aliphatic carbocycles. The van der Waals surface area contributed by atoms with Crippen molar-refractivity contribution in [2.75, 3.05) is 0 Å².